The normalized spacial score (nSPS) is 15.4. The Hall–Kier alpha value is -3.21. The van der Waals surface area contributed by atoms with Crippen LogP contribution >= 0.6 is 0 Å². The van der Waals surface area contributed by atoms with Crippen molar-refractivity contribution in [1.82, 2.24) is 0 Å². The predicted molar refractivity (Wildman–Crippen MR) is 135 cm³/mol. The third-order valence-electron chi connectivity index (χ3n) is 6.58. The Kier molecular flexibility index (Phi) is 5.58. The van der Waals surface area contributed by atoms with Gasteiger partial charge < -0.3 is 19.3 Å². The zero-order valence-corrected chi connectivity index (χ0v) is 21.5. The first-order chi connectivity index (χ1) is 15.8. The molecule has 0 amide bonds. The van der Waals surface area contributed by atoms with Crippen molar-refractivity contribution < 1.29 is 24.1 Å². The van der Waals surface area contributed by atoms with Crippen molar-refractivity contribution in [2.45, 2.75) is 65.4 Å². The number of carbonyl (C=O) groups is 1. The van der Waals surface area contributed by atoms with Crippen molar-refractivity contribution >= 4 is 16.6 Å². The summed E-state index contributed by atoms with van der Waals surface area (Å²) in [5.74, 6) is 2.04. The van der Waals surface area contributed by atoms with E-state index in [4.69, 9.17) is 14.2 Å². The summed E-state index contributed by atoms with van der Waals surface area (Å²) >= 11 is 0. The summed E-state index contributed by atoms with van der Waals surface area (Å²) in [6.07, 6.45) is -0.415. The van der Waals surface area contributed by atoms with Crippen molar-refractivity contribution in [2.24, 2.45) is 0 Å². The van der Waals surface area contributed by atoms with Crippen LogP contribution in [-0.4, -0.2) is 25.1 Å². The van der Waals surface area contributed by atoms with Crippen molar-refractivity contribution in [3.63, 3.8) is 0 Å². The molecule has 5 heteroatoms. The predicted octanol–water partition coefficient (Wildman–Crippen LogP) is 6.84. The van der Waals surface area contributed by atoms with Crippen LogP contribution < -0.4 is 14.2 Å². The van der Waals surface area contributed by atoms with Gasteiger partial charge in [0, 0.05) is 38.6 Å². The highest BCUT2D eigenvalue weighted by Crippen LogP contribution is 2.54. The van der Waals surface area contributed by atoms with E-state index < -0.39 is 6.10 Å². The molecule has 0 spiro atoms. The van der Waals surface area contributed by atoms with Crippen molar-refractivity contribution in [1.29, 1.82) is 0 Å². The molecule has 34 heavy (non-hydrogen) atoms. The molecule has 1 N–H and O–H groups in total. The SMILES string of the molecule is COc1ccc(C2Oc3c(C(C)(C)C)cc(C(C)=O)c4c(O)c(C(C)(C)C)cc2c34)cc1OC. The Balaban J connectivity index is 2.13. The molecule has 0 aliphatic carbocycles. The number of Topliss-reactive ketones (excluding diaryl/α,β-unsaturated/α-hetero) is 1. The lowest BCUT2D eigenvalue weighted by atomic mass is 9.78. The molecule has 3 aromatic rings. The van der Waals surface area contributed by atoms with E-state index in [-0.39, 0.29) is 22.4 Å². The first kappa shape index (κ1) is 23.9. The van der Waals surface area contributed by atoms with E-state index in [0.29, 0.717) is 22.4 Å². The van der Waals surface area contributed by atoms with Gasteiger partial charge >= 0.3 is 0 Å². The smallest absolute Gasteiger partial charge is 0.161 e. The summed E-state index contributed by atoms with van der Waals surface area (Å²) in [7, 11) is 3.22. The Bertz CT molecular complexity index is 1310. The number of ketones is 1. The van der Waals surface area contributed by atoms with Crippen LogP contribution in [0.4, 0.5) is 0 Å². The van der Waals surface area contributed by atoms with Crippen LogP contribution in [0, 0.1) is 0 Å². The minimum atomic E-state index is -0.415. The number of aromatic hydroxyl groups is 1. The molecular formula is C29H34O5. The summed E-state index contributed by atoms with van der Waals surface area (Å²) < 4.78 is 17.6. The topological polar surface area (TPSA) is 65.0 Å². The van der Waals surface area contributed by atoms with E-state index in [2.05, 4.69) is 41.5 Å². The van der Waals surface area contributed by atoms with Gasteiger partial charge in [-0.05, 0) is 42.0 Å². The zero-order chi connectivity index (χ0) is 25.2. The van der Waals surface area contributed by atoms with E-state index in [9.17, 15) is 9.90 Å². The van der Waals surface area contributed by atoms with Crippen LogP contribution in [0.1, 0.15) is 87.2 Å². The lowest BCUT2D eigenvalue weighted by Crippen LogP contribution is -2.15. The Labute approximate surface area is 201 Å². The first-order valence-corrected chi connectivity index (χ1v) is 11.6. The third kappa shape index (κ3) is 3.67. The molecule has 180 valence electrons. The van der Waals surface area contributed by atoms with Gasteiger partial charge in [-0.3, -0.25) is 4.79 Å². The second kappa shape index (κ2) is 7.93. The van der Waals surface area contributed by atoms with Gasteiger partial charge in [0.1, 0.15) is 17.6 Å². The molecular weight excluding hydrogens is 428 g/mol. The minimum absolute atomic E-state index is 0.0843. The standard InChI is InChI=1S/C29H34O5/c1-15(30)17-13-20(29(5,6)7)27-24-18(14-19(28(2,3)4)25(31)23(17)24)26(34-27)16-10-11-21(32-8)22(12-16)33-9/h10-14,26,31H,1-9H3. The number of ether oxygens (including phenoxy) is 3. The van der Waals surface area contributed by atoms with E-state index in [1.807, 2.05) is 30.3 Å². The molecule has 3 aromatic carbocycles. The summed E-state index contributed by atoms with van der Waals surface area (Å²) in [5, 5.41) is 12.8. The first-order valence-electron chi connectivity index (χ1n) is 11.6. The second-order valence-electron chi connectivity index (χ2n) is 11.1. The summed E-state index contributed by atoms with van der Waals surface area (Å²) in [5.41, 5.74) is 3.48. The molecule has 4 rings (SSSR count). The van der Waals surface area contributed by atoms with Crippen LogP contribution in [-0.2, 0) is 10.8 Å². The van der Waals surface area contributed by atoms with Crippen LogP contribution in [0.2, 0.25) is 0 Å². The maximum absolute atomic E-state index is 12.8. The number of carbonyl (C=O) groups excluding carboxylic acids is 1. The van der Waals surface area contributed by atoms with Crippen LogP contribution in [0.3, 0.4) is 0 Å². The molecule has 5 nitrogen and oxygen atoms in total. The Morgan fingerprint density at radius 3 is 2.03 bits per heavy atom. The molecule has 1 atom stereocenters. The van der Waals surface area contributed by atoms with E-state index in [0.717, 1.165) is 33.4 Å². The molecule has 0 saturated heterocycles. The molecule has 1 aliphatic rings. The van der Waals surface area contributed by atoms with Gasteiger partial charge in [-0.2, -0.15) is 0 Å². The van der Waals surface area contributed by atoms with E-state index in [1.54, 1.807) is 21.1 Å². The molecule has 1 aliphatic heterocycles. The van der Waals surface area contributed by atoms with Gasteiger partial charge in [0.05, 0.1) is 14.2 Å². The maximum atomic E-state index is 12.8. The average molecular weight is 463 g/mol. The number of phenolic OH excluding ortho intramolecular Hbond substituents is 1. The highest BCUT2D eigenvalue weighted by Gasteiger charge is 2.38. The molecule has 0 radical (unpaired) electrons. The fraction of sp³-hybridized carbons (Fsp3) is 0.414. The average Bonchev–Trinajstić information content (AvgIpc) is 3.13. The fourth-order valence-electron chi connectivity index (χ4n) is 4.80. The largest absolute Gasteiger partial charge is 0.507 e. The minimum Gasteiger partial charge on any atom is -0.507 e. The highest BCUT2D eigenvalue weighted by atomic mass is 16.5. The zero-order valence-electron chi connectivity index (χ0n) is 21.5. The van der Waals surface area contributed by atoms with Gasteiger partial charge in [-0.15, -0.1) is 0 Å². The summed E-state index contributed by atoms with van der Waals surface area (Å²) in [4.78, 5) is 12.8. The fourth-order valence-corrected chi connectivity index (χ4v) is 4.80. The lowest BCUT2D eigenvalue weighted by Gasteiger charge is -2.25. The number of methoxy groups -OCH3 is 2. The molecule has 1 unspecified atom stereocenters. The van der Waals surface area contributed by atoms with Gasteiger partial charge in [0.25, 0.3) is 0 Å². The monoisotopic (exact) mass is 462 g/mol. The molecule has 0 saturated carbocycles. The molecule has 0 bridgehead atoms. The van der Waals surface area contributed by atoms with Crippen molar-refractivity contribution in [2.75, 3.05) is 14.2 Å². The molecule has 0 aromatic heterocycles. The Morgan fingerprint density at radius 1 is 0.882 bits per heavy atom. The van der Waals surface area contributed by atoms with E-state index in [1.165, 1.54) is 0 Å². The number of benzene rings is 3. The number of hydrogen-bond acceptors (Lipinski definition) is 5. The molecule has 1 heterocycles. The number of hydrogen-bond donors (Lipinski definition) is 1. The van der Waals surface area contributed by atoms with Gasteiger partial charge in [-0.25, -0.2) is 0 Å². The lowest BCUT2D eigenvalue weighted by molar-refractivity contribution is 0.101. The van der Waals surface area contributed by atoms with Crippen molar-refractivity contribution in [3.8, 4) is 23.0 Å². The van der Waals surface area contributed by atoms with Crippen LogP contribution in [0.15, 0.2) is 30.3 Å². The quantitative estimate of drug-likeness (QED) is 0.430. The second-order valence-corrected chi connectivity index (χ2v) is 11.1. The number of rotatable bonds is 4. The van der Waals surface area contributed by atoms with Gasteiger partial charge in [0.2, 0.25) is 0 Å². The van der Waals surface area contributed by atoms with Gasteiger partial charge in [-0.1, -0.05) is 47.6 Å². The molecule has 0 fully saturated rings. The Morgan fingerprint density at radius 2 is 1.50 bits per heavy atom. The summed E-state index contributed by atoms with van der Waals surface area (Å²) in [6.45, 7) is 14.0. The van der Waals surface area contributed by atoms with Crippen molar-refractivity contribution in [3.05, 3.63) is 58.1 Å². The highest BCUT2D eigenvalue weighted by molar-refractivity contribution is 6.13. The van der Waals surface area contributed by atoms with Crippen LogP contribution in [0.25, 0.3) is 10.8 Å². The van der Waals surface area contributed by atoms with Crippen LogP contribution in [0.5, 0.6) is 23.0 Å². The summed E-state index contributed by atoms with van der Waals surface area (Å²) in [6, 6.07) is 9.69. The number of phenols is 1. The maximum Gasteiger partial charge on any atom is 0.161 e. The van der Waals surface area contributed by atoms with Gasteiger partial charge in [0.15, 0.2) is 17.3 Å². The third-order valence-corrected chi connectivity index (χ3v) is 6.58. The van der Waals surface area contributed by atoms with E-state index >= 15 is 0 Å².